The number of fused-ring (bicyclic) bond motifs is 2. The Morgan fingerprint density at radius 1 is 1.06 bits per heavy atom. The van der Waals surface area contributed by atoms with Crippen LogP contribution < -0.4 is 20.9 Å². The van der Waals surface area contributed by atoms with Crippen LogP contribution in [0.15, 0.2) is 69.6 Å². The summed E-state index contributed by atoms with van der Waals surface area (Å²) in [5.41, 5.74) is 2.45. The van der Waals surface area contributed by atoms with Crippen molar-refractivity contribution in [1.29, 1.82) is 0 Å². The van der Waals surface area contributed by atoms with E-state index in [1.165, 1.54) is 20.5 Å². The van der Waals surface area contributed by atoms with Gasteiger partial charge in [-0.05, 0) is 53.6 Å². The van der Waals surface area contributed by atoms with Gasteiger partial charge in [0.25, 0.3) is 5.56 Å². The number of hydrogen-bond acceptors (Lipinski definition) is 5. The van der Waals surface area contributed by atoms with E-state index < -0.39 is 5.69 Å². The van der Waals surface area contributed by atoms with Gasteiger partial charge in [-0.2, -0.15) is 0 Å². The predicted molar refractivity (Wildman–Crippen MR) is 130 cm³/mol. The summed E-state index contributed by atoms with van der Waals surface area (Å²) in [5, 5.41) is 1.78. The van der Waals surface area contributed by atoms with Gasteiger partial charge in [0.1, 0.15) is 17.0 Å². The summed E-state index contributed by atoms with van der Waals surface area (Å²) in [7, 11) is 1.57. The standard InChI is InChI=1S/C25H23N3O4S/c1-32-19-9-4-6-17(14-19)15-28-24(30)23-21(11-13-33-23)27(25(28)31)16-22(29)26-12-5-8-18-7-2-3-10-20(18)26/h2-4,6-7,9-11,13-14H,5,8,12,15-16H2,1H3. The van der Waals surface area contributed by atoms with Crippen LogP contribution in [0.4, 0.5) is 5.69 Å². The molecule has 5 rings (SSSR count). The fourth-order valence-corrected chi connectivity index (χ4v) is 5.24. The molecule has 1 aliphatic rings. The maximum Gasteiger partial charge on any atom is 0.332 e. The zero-order valence-corrected chi connectivity index (χ0v) is 19.0. The summed E-state index contributed by atoms with van der Waals surface area (Å²) in [6.45, 7) is 0.586. The SMILES string of the molecule is COc1cccc(Cn2c(=O)c3sccc3n(CC(=O)N3CCCc4ccccc43)c2=O)c1. The number of para-hydroxylation sites is 1. The molecule has 0 fully saturated rings. The number of carbonyl (C=O) groups is 1. The first-order valence-corrected chi connectivity index (χ1v) is 11.7. The van der Waals surface area contributed by atoms with Gasteiger partial charge >= 0.3 is 5.69 Å². The van der Waals surface area contributed by atoms with E-state index in [1.54, 1.807) is 29.5 Å². The second-order valence-corrected chi connectivity index (χ2v) is 8.94. The van der Waals surface area contributed by atoms with E-state index in [0.29, 0.717) is 22.5 Å². The lowest BCUT2D eigenvalue weighted by atomic mass is 10.0. The lowest BCUT2D eigenvalue weighted by Crippen LogP contribution is -2.44. The Bertz CT molecular complexity index is 1470. The molecular weight excluding hydrogens is 438 g/mol. The number of anilines is 1. The maximum absolute atomic E-state index is 13.5. The summed E-state index contributed by atoms with van der Waals surface area (Å²) >= 11 is 1.28. The summed E-state index contributed by atoms with van der Waals surface area (Å²) in [6, 6.07) is 16.9. The highest BCUT2D eigenvalue weighted by molar-refractivity contribution is 7.17. The first-order valence-electron chi connectivity index (χ1n) is 10.8. The van der Waals surface area contributed by atoms with Crippen molar-refractivity contribution in [3.8, 4) is 5.75 Å². The Labute approximate surface area is 194 Å². The van der Waals surface area contributed by atoms with Crippen LogP contribution in [0.25, 0.3) is 10.2 Å². The van der Waals surface area contributed by atoms with Crippen molar-refractivity contribution in [2.45, 2.75) is 25.9 Å². The van der Waals surface area contributed by atoms with Gasteiger partial charge in [0.2, 0.25) is 5.91 Å². The van der Waals surface area contributed by atoms with E-state index in [-0.39, 0.29) is 24.6 Å². The van der Waals surface area contributed by atoms with Crippen molar-refractivity contribution >= 4 is 33.1 Å². The molecule has 0 aliphatic carbocycles. The molecule has 1 amide bonds. The molecule has 0 unspecified atom stereocenters. The van der Waals surface area contributed by atoms with Crippen LogP contribution in [0.3, 0.4) is 0 Å². The number of aromatic nitrogens is 2. The molecule has 0 saturated heterocycles. The predicted octanol–water partition coefficient (Wildman–Crippen LogP) is 3.26. The number of benzene rings is 2. The van der Waals surface area contributed by atoms with E-state index in [4.69, 9.17) is 4.74 Å². The molecule has 1 aliphatic heterocycles. The number of nitrogens with zero attached hydrogens (tertiary/aromatic N) is 3. The molecule has 0 bridgehead atoms. The normalized spacial score (nSPS) is 13.2. The minimum Gasteiger partial charge on any atom is -0.497 e. The molecule has 0 atom stereocenters. The summed E-state index contributed by atoms with van der Waals surface area (Å²) in [5.74, 6) is 0.486. The third kappa shape index (κ3) is 3.87. The molecule has 3 heterocycles. The van der Waals surface area contributed by atoms with Crippen LogP contribution in [0.5, 0.6) is 5.75 Å². The Morgan fingerprint density at radius 3 is 2.76 bits per heavy atom. The topological polar surface area (TPSA) is 73.5 Å². The first-order chi connectivity index (χ1) is 16.1. The van der Waals surface area contributed by atoms with E-state index >= 15 is 0 Å². The number of hydrogen-bond donors (Lipinski definition) is 0. The minimum absolute atomic E-state index is 0.101. The Balaban J connectivity index is 1.55. The van der Waals surface area contributed by atoms with Crippen LogP contribution in [0, 0.1) is 0 Å². The Kier molecular flexibility index (Phi) is 5.60. The van der Waals surface area contributed by atoms with E-state index in [2.05, 4.69) is 0 Å². The van der Waals surface area contributed by atoms with Crippen molar-refractivity contribution in [1.82, 2.24) is 9.13 Å². The molecule has 168 valence electrons. The molecule has 8 heteroatoms. The molecule has 4 aromatic rings. The van der Waals surface area contributed by atoms with Gasteiger partial charge in [0, 0.05) is 12.2 Å². The number of amides is 1. The number of thiophene rings is 1. The van der Waals surface area contributed by atoms with Crippen molar-refractivity contribution < 1.29 is 9.53 Å². The van der Waals surface area contributed by atoms with Gasteiger partial charge in [-0.15, -0.1) is 11.3 Å². The lowest BCUT2D eigenvalue weighted by Gasteiger charge is -2.29. The summed E-state index contributed by atoms with van der Waals surface area (Å²) < 4.78 is 8.35. The largest absolute Gasteiger partial charge is 0.497 e. The number of carbonyl (C=O) groups excluding carboxylic acids is 1. The number of rotatable bonds is 5. The Morgan fingerprint density at radius 2 is 1.91 bits per heavy atom. The van der Waals surface area contributed by atoms with E-state index in [1.807, 2.05) is 42.5 Å². The lowest BCUT2D eigenvalue weighted by molar-refractivity contribution is -0.119. The van der Waals surface area contributed by atoms with Gasteiger partial charge < -0.3 is 9.64 Å². The number of ether oxygens (including phenoxy) is 1. The zero-order chi connectivity index (χ0) is 22.9. The van der Waals surface area contributed by atoms with Crippen LogP contribution in [0.2, 0.25) is 0 Å². The van der Waals surface area contributed by atoms with E-state index in [0.717, 1.165) is 29.7 Å². The third-order valence-electron chi connectivity index (χ3n) is 6.02. The quantitative estimate of drug-likeness (QED) is 0.457. The Hall–Kier alpha value is -3.65. The highest BCUT2D eigenvalue weighted by atomic mass is 32.1. The molecule has 7 nitrogen and oxygen atoms in total. The van der Waals surface area contributed by atoms with Gasteiger partial charge in [-0.1, -0.05) is 30.3 Å². The second kappa shape index (κ2) is 8.71. The minimum atomic E-state index is -0.493. The fourth-order valence-electron chi connectivity index (χ4n) is 4.39. The first kappa shape index (κ1) is 21.2. The van der Waals surface area contributed by atoms with Crippen molar-refractivity contribution in [3.63, 3.8) is 0 Å². The highest BCUT2D eigenvalue weighted by Crippen LogP contribution is 2.27. The molecule has 2 aromatic carbocycles. The van der Waals surface area contributed by atoms with Gasteiger partial charge in [0.05, 0.1) is 19.2 Å². The average Bonchev–Trinajstić information content (AvgIpc) is 3.34. The van der Waals surface area contributed by atoms with Gasteiger partial charge in [-0.3, -0.25) is 18.7 Å². The van der Waals surface area contributed by atoms with Crippen LogP contribution in [0.1, 0.15) is 17.5 Å². The van der Waals surface area contributed by atoms with Crippen LogP contribution in [-0.4, -0.2) is 28.7 Å². The molecular formula is C25H23N3O4S. The van der Waals surface area contributed by atoms with Gasteiger partial charge in [0.15, 0.2) is 0 Å². The summed E-state index contributed by atoms with van der Waals surface area (Å²) in [6.07, 6.45) is 1.81. The highest BCUT2D eigenvalue weighted by Gasteiger charge is 2.24. The smallest absolute Gasteiger partial charge is 0.332 e. The maximum atomic E-state index is 13.5. The van der Waals surface area contributed by atoms with Crippen LogP contribution in [-0.2, 0) is 24.3 Å². The number of methoxy groups -OCH3 is 1. The summed E-state index contributed by atoms with van der Waals surface area (Å²) in [4.78, 5) is 41.7. The van der Waals surface area contributed by atoms with E-state index in [9.17, 15) is 14.4 Å². The number of aryl methyl sites for hydroxylation is 1. The van der Waals surface area contributed by atoms with Crippen molar-refractivity contribution in [2.75, 3.05) is 18.6 Å². The molecule has 0 N–H and O–H groups in total. The zero-order valence-electron chi connectivity index (χ0n) is 18.2. The molecule has 0 spiro atoms. The van der Waals surface area contributed by atoms with Gasteiger partial charge in [-0.25, -0.2) is 4.79 Å². The molecule has 33 heavy (non-hydrogen) atoms. The second-order valence-electron chi connectivity index (χ2n) is 8.02. The van der Waals surface area contributed by atoms with Crippen molar-refractivity contribution in [3.05, 3.63) is 91.9 Å². The van der Waals surface area contributed by atoms with Crippen LogP contribution >= 0.6 is 11.3 Å². The van der Waals surface area contributed by atoms with Crippen molar-refractivity contribution in [2.24, 2.45) is 0 Å². The fraction of sp³-hybridized carbons (Fsp3) is 0.240. The average molecular weight is 462 g/mol. The third-order valence-corrected chi connectivity index (χ3v) is 6.91. The molecule has 0 saturated carbocycles. The molecule has 0 radical (unpaired) electrons. The monoisotopic (exact) mass is 461 g/mol. The molecule has 2 aromatic heterocycles.